The highest BCUT2D eigenvalue weighted by Gasteiger charge is 2.22. The quantitative estimate of drug-likeness (QED) is 0.728. The first-order valence-corrected chi connectivity index (χ1v) is 8.67. The van der Waals surface area contributed by atoms with Gasteiger partial charge >= 0.3 is 0 Å². The third kappa shape index (κ3) is 2.71. The lowest BCUT2D eigenvalue weighted by Gasteiger charge is -2.27. The molecular formula is C20H22FN3. The lowest BCUT2D eigenvalue weighted by atomic mass is 10.0. The van der Waals surface area contributed by atoms with Crippen molar-refractivity contribution in [2.45, 2.75) is 32.9 Å². The second-order valence-electron chi connectivity index (χ2n) is 6.47. The SMILES string of the molecule is CCN1CCc2c(c3ccccc3n2CCc2cncc(F)c2)C1. The largest absolute Gasteiger partial charge is 0.344 e. The van der Waals surface area contributed by atoms with Crippen molar-refractivity contribution >= 4 is 10.9 Å². The first kappa shape index (κ1) is 15.3. The zero-order valence-corrected chi connectivity index (χ0v) is 14.0. The highest BCUT2D eigenvalue weighted by molar-refractivity contribution is 5.85. The molecule has 0 saturated heterocycles. The molecule has 0 aliphatic carbocycles. The fourth-order valence-electron chi connectivity index (χ4n) is 3.82. The molecule has 0 radical (unpaired) electrons. The van der Waals surface area contributed by atoms with Crippen molar-refractivity contribution in [2.75, 3.05) is 13.1 Å². The first-order chi connectivity index (χ1) is 11.8. The van der Waals surface area contributed by atoms with Gasteiger partial charge in [0.15, 0.2) is 0 Å². The highest BCUT2D eigenvalue weighted by atomic mass is 19.1. The van der Waals surface area contributed by atoms with Gasteiger partial charge in [-0.2, -0.15) is 0 Å². The number of aryl methyl sites for hydroxylation is 2. The third-order valence-electron chi connectivity index (χ3n) is 5.07. The molecule has 0 fully saturated rings. The predicted molar refractivity (Wildman–Crippen MR) is 94.5 cm³/mol. The lowest BCUT2D eigenvalue weighted by Crippen LogP contribution is -2.30. The number of nitrogens with zero attached hydrogens (tertiary/aromatic N) is 3. The van der Waals surface area contributed by atoms with Crippen molar-refractivity contribution in [1.82, 2.24) is 14.5 Å². The van der Waals surface area contributed by atoms with E-state index in [0.29, 0.717) is 0 Å². The first-order valence-electron chi connectivity index (χ1n) is 8.67. The van der Waals surface area contributed by atoms with E-state index >= 15 is 0 Å². The van der Waals surface area contributed by atoms with Gasteiger partial charge in [0.05, 0.1) is 6.20 Å². The molecule has 0 spiro atoms. The summed E-state index contributed by atoms with van der Waals surface area (Å²) in [5.74, 6) is -0.259. The molecule has 3 aromatic rings. The molecule has 3 nitrogen and oxygen atoms in total. The summed E-state index contributed by atoms with van der Waals surface area (Å²) >= 11 is 0. The molecule has 4 heteroatoms. The summed E-state index contributed by atoms with van der Waals surface area (Å²) in [6, 6.07) is 10.2. The monoisotopic (exact) mass is 323 g/mol. The Morgan fingerprint density at radius 1 is 1.21 bits per heavy atom. The van der Waals surface area contributed by atoms with Gasteiger partial charge in [-0.05, 0) is 36.2 Å². The molecule has 0 saturated carbocycles. The van der Waals surface area contributed by atoms with Gasteiger partial charge in [-0.3, -0.25) is 9.88 Å². The summed E-state index contributed by atoms with van der Waals surface area (Å²) in [6.45, 7) is 6.32. The van der Waals surface area contributed by atoms with Gasteiger partial charge in [-0.25, -0.2) is 4.39 Å². The summed E-state index contributed by atoms with van der Waals surface area (Å²) in [5, 5.41) is 1.36. The number of fused-ring (bicyclic) bond motifs is 3. The van der Waals surface area contributed by atoms with Crippen molar-refractivity contribution in [3.8, 4) is 0 Å². The number of benzene rings is 1. The van der Waals surface area contributed by atoms with Crippen LogP contribution in [0.25, 0.3) is 10.9 Å². The fraction of sp³-hybridized carbons (Fsp3) is 0.350. The molecule has 0 atom stereocenters. The van der Waals surface area contributed by atoms with Crippen LogP contribution in [0, 0.1) is 5.82 Å². The fourth-order valence-corrected chi connectivity index (χ4v) is 3.82. The van der Waals surface area contributed by atoms with Crippen LogP contribution in [0.15, 0.2) is 42.7 Å². The number of likely N-dealkylation sites (N-methyl/N-ethyl adjacent to an activating group) is 1. The zero-order chi connectivity index (χ0) is 16.5. The summed E-state index contributed by atoms with van der Waals surface area (Å²) < 4.78 is 15.8. The minimum atomic E-state index is -0.259. The van der Waals surface area contributed by atoms with Gasteiger partial charge in [0.25, 0.3) is 0 Å². The van der Waals surface area contributed by atoms with Crippen molar-refractivity contribution in [3.05, 3.63) is 65.4 Å². The Bertz CT molecular complexity index is 868. The normalized spacial score (nSPS) is 14.9. The maximum atomic E-state index is 13.4. The number of para-hydroxylation sites is 1. The Morgan fingerprint density at radius 3 is 2.92 bits per heavy atom. The van der Waals surface area contributed by atoms with Crippen LogP contribution < -0.4 is 0 Å². The van der Waals surface area contributed by atoms with E-state index in [1.165, 1.54) is 28.4 Å². The standard InChI is InChI=1S/C20H22FN3/c1-2-23-9-8-20-18(14-23)17-5-3-4-6-19(17)24(20)10-7-15-11-16(21)13-22-12-15/h3-6,11-13H,2,7-10,14H2,1H3. The molecule has 1 aliphatic heterocycles. The average Bonchev–Trinajstić information content (AvgIpc) is 2.93. The van der Waals surface area contributed by atoms with E-state index in [2.05, 4.69) is 45.6 Å². The van der Waals surface area contributed by atoms with Gasteiger partial charge in [0.2, 0.25) is 0 Å². The van der Waals surface area contributed by atoms with Crippen LogP contribution in [0.1, 0.15) is 23.7 Å². The second kappa shape index (κ2) is 6.36. The number of rotatable bonds is 4. The van der Waals surface area contributed by atoms with Crippen LogP contribution in [0.3, 0.4) is 0 Å². The molecule has 1 aromatic carbocycles. The summed E-state index contributed by atoms with van der Waals surface area (Å²) in [7, 11) is 0. The summed E-state index contributed by atoms with van der Waals surface area (Å²) in [5.41, 5.74) is 5.17. The van der Waals surface area contributed by atoms with Crippen LogP contribution in [0.5, 0.6) is 0 Å². The molecule has 4 rings (SSSR count). The molecule has 0 unspecified atom stereocenters. The van der Waals surface area contributed by atoms with Crippen molar-refractivity contribution in [2.24, 2.45) is 0 Å². The molecule has 0 amide bonds. The van der Waals surface area contributed by atoms with E-state index in [1.54, 1.807) is 12.3 Å². The molecular weight excluding hydrogens is 301 g/mol. The Kier molecular flexibility index (Phi) is 4.07. The van der Waals surface area contributed by atoms with Crippen LogP contribution in [-0.4, -0.2) is 27.5 Å². The maximum Gasteiger partial charge on any atom is 0.141 e. The summed E-state index contributed by atoms with van der Waals surface area (Å²) in [6.07, 6.45) is 4.91. The molecule has 3 heterocycles. The number of hydrogen-bond donors (Lipinski definition) is 0. The maximum absolute atomic E-state index is 13.4. The van der Waals surface area contributed by atoms with Crippen molar-refractivity contribution < 1.29 is 4.39 Å². The Hall–Kier alpha value is -2.20. The lowest BCUT2D eigenvalue weighted by molar-refractivity contribution is 0.265. The Balaban J connectivity index is 1.70. The Morgan fingerprint density at radius 2 is 2.08 bits per heavy atom. The molecule has 0 N–H and O–H groups in total. The predicted octanol–water partition coefficient (Wildman–Crippen LogP) is 3.80. The molecule has 2 aromatic heterocycles. The van der Waals surface area contributed by atoms with Crippen LogP contribution in [-0.2, 0) is 25.9 Å². The van der Waals surface area contributed by atoms with Crippen LogP contribution in [0.4, 0.5) is 4.39 Å². The van der Waals surface area contributed by atoms with E-state index in [9.17, 15) is 4.39 Å². The summed E-state index contributed by atoms with van der Waals surface area (Å²) in [4.78, 5) is 6.46. The van der Waals surface area contributed by atoms with Gasteiger partial charge in [0.1, 0.15) is 5.82 Å². The smallest absolute Gasteiger partial charge is 0.141 e. The number of pyridine rings is 1. The average molecular weight is 323 g/mol. The zero-order valence-electron chi connectivity index (χ0n) is 14.0. The van der Waals surface area contributed by atoms with Gasteiger partial charge < -0.3 is 4.57 Å². The topological polar surface area (TPSA) is 21.1 Å². The Labute approximate surface area is 141 Å². The van der Waals surface area contributed by atoms with E-state index in [1.807, 2.05) is 0 Å². The van der Waals surface area contributed by atoms with Crippen molar-refractivity contribution in [1.29, 1.82) is 0 Å². The molecule has 124 valence electrons. The molecule has 0 bridgehead atoms. The number of hydrogen-bond acceptors (Lipinski definition) is 2. The van der Waals surface area contributed by atoms with Gasteiger partial charge in [-0.15, -0.1) is 0 Å². The van der Waals surface area contributed by atoms with E-state index in [-0.39, 0.29) is 5.82 Å². The van der Waals surface area contributed by atoms with E-state index in [4.69, 9.17) is 0 Å². The highest BCUT2D eigenvalue weighted by Crippen LogP contribution is 2.31. The van der Waals surface area contributed by atoms with Crippen LogP contribution in [0.2, 0.25) is 0 Å². The van der Waals surface area contributed by atoms with Gasteiger partial charge in [-0.1, -0.05) is 25.1 Å². The number of halogens is 1. The molecule has 1 aliphatic rings. The third-order valence-corrected chi connectivity index (χ3v) is 5.07. The van der Waals surface area contributed by atoms with E-state index in [0.717, 1.165) is 44.6 Å². The van der Waals surface area contributed by atoms with E-state index < -0.39 is 0 Å². The van der Waals surface area contributed by atoms with Crippen LogP contribution >= 0.6 is 0 Å². The molecule has 24 heavy (non-hydrogen) atoms. The van der Waals surface area contributed by atoms with Gasteiger partial charge in [0, 0.05) is 48.8 Å². The number of aromatic nitrogens is 2. The minimum Gasteiger partial charge on any atom is -0.344 e. The second-order valence-corrected chi connectivity index (χ2v) is 6.47. The minimum absolute atomic E-state index is 0.259. The van der Waals surface area contributed by atoms with Crippen molar-refractivity contribution in [3.63, 3.8) is 0 Å².